The molecule has 2 N–H and O–H groups in total. The van der Waals surface area contributed by atoms with Crippen LogP contribution in [0.25, 0.3) is 0 Å². The first-order valence-electron chi connectivity index (χ1n) is 6.95. The predicted molar refractivity (Wildman–Crippen MR) is 87.1 cm³/mol. The molecular formula is C17H19N3O2. The van der Waals surface area contributed by atoms with Crippen molar-refractivity contribution < 1.29 is 9.53 Å². The number of methoxy groups -OCH3 is 1. The molecule has 1 amide bonds. The Balaban J connectivity index is 1.94. The van der Waals surface area contributed by atoms with Gasteiger partial charge >= 0.3 is 0 Å². The van der Waals surface area contributed by atoms with Crippen LogP contribution in [0.3, 0.4) is 0 Å². The number of pyridine rings is 1. The highest BCUT2D eigenvalue weighted by molar-refractivity contribution is 5.93. The number of rotatable bonds is 7. The van der Waals surface area contributed by atoms with Crippen molar-refractivity contribution in [3.05, 3.63) is 66.5 Å². The van der Waals surface area contributed by atoms with Crippen LogP contribution in [0.2, 0.25) is 0 Å². The molecule has 0 aliphatic carbocycles. The Labute approximate surface area is 130 Å². The van der Waals surface area contributed by atoms with Crippen LogP contribution in [0.4, 0.5) is 5.69 Å². The van der Waals surface area contributed by atoms with E-state index in [9.17, 15) is 4.79 Å². The number of aromatic nitrogens is 1. The zero-order chi connectivity index (χ0) is 15.8. The molecule has 2 rings (SSSR count). The number of anilines is 1. The van der Waals surface area contributed by atoms with Crippen molar-refractivity contribution >= 4 is 11.6 Å². The number of carbonyl (C=O) groups excluding carboxylic acids is 1. The Morgan fingerprint density at radius 2 is 2.09 bits per heavy atom. The number of nitrogens with one attached hydrogen (secondary N) is 2. The third kappa shape index (κ3) is 4.34. The summed E-state index contributed by atoms with van der Waals surface area (Å²) >= 11 is 0. The van der Waals surface area contributed by atoms with Gasteiger partial charge in [0.25, 0.3) is 5.91 Å². The van der Waals surface area contributed by atoms with Gasteiger partial charge in [0.2, 0.25) is 0 Å². The summed E-state index contributed by atoms with van der Waals surface area (Å²) in [5.74, 6) is 0.579. The van der Waals surface area contributed by atoms with E-state index >= 15 is 0 Å². The first-order valence-corrected chi connectivity index (χ1v) is 6.95. The molecule has 0 aliphatic rings. The monoisotopic (exact) mass is 297 g/mol. The Kier molecular flexibility index (Phi) is 5.54. The molecule has 1 aromatic carbocycles. The highest BCUT2D eigenvalue weighted by Gasteiger charge is 2.07. The second-order valence-electron chi connectivity index (χ2n) is 4.63. The molecule has 0 aliphatic heterocycles. The van der Waals surface area contributed by atoms with E-state index < -0.39 is 0 Å². The Morgan fingerprint density at radius 1 is 1.32 bits per heavy atom. The SMILES string of the molecule is C=CCNc1ccnc(C(=O)NCc2ccc(OC)cc2)c1. The van der Waals surface area contributed by atoms with E-state index in [0.29, 0.717) is 18.8 Å². The number of hydrogen-bond acceptors (Lipinski definition) is 4. The average Bonchev–Trinajstić information content (AvgIpc) is 2.58. The maximum Gasteiger partial charge on any atom is 0.270 e. The molecule has 0 unspecified atom stereocenters. The molecule has 0 saturated heterocycles. The highest BCUT2D eigenvalue weighted by Crippen LogP contribution is 2.11. The summed E-state index contributed by atoms with van der Waals surface area (Å²) in [6.07, 6.45) is 3.36. The van der Waals surface area contributed by atoms with Crippen LogP contribution < -0.4 is 15.4 Å². The van der Waals surface area contributed by atoms with Crippen molar-refractivity contribution in [1.82, 2.24) is 10.3 Å². The van der Waals surface area contributed by atoms with Crippen molar-refractivity contribution in [2.75, 3.05) is 19.0 Å². The van der Waals surface area contributed by atoms with Crippen LogP contribution in [0.1, 0.15) is 16.1 Å². The van der Waals surface area contributed by atoms with Crippen molar-refractivity contribution in [3.63, 3.8) is 0 Å². The number of hydrogen-bond donors (Lipinski definition) is 2. The van der Waals surface area contributed by atoms with Gasteiger partial charge in [-0.05, 0) is 29.8 Å². The fourth-order valence-corrected chi connectivity index (χ4v) is 1.87. The van der Waals surface area contributed by atoms with E-state index in [-0.39, 0.29) is 5.91 Å². The van der Waals surface area contributed by atoms with Gasteiger partial charge in [-0.25, -0.2) is 0 Å². The van der Waals surface area contributed by atoms with Crippen LogP contribution in [0, 0.1) is 0 Å². The summed E-state index contributed by atoms with van der Waals surface area (Å²) in [6, 6.07) is 11.1. The van der Waals surface area contributed by atoms with Crippen molar-refractivity contribution in [3.8, 4) is 5.75 Å². The number of ether oxygens (including phenoxy) is 1. The molecule has 0 spiro atoms. The predicted octanol–water partition coefficient (Wildman–Crippen LogP) is 2.62. The van der Waals surface area contributed by atoms with Gasteiger partial charge in [-0.15, -0.1) is 6.58 Å². The third-order valence-electron chi connectivity index (χ3n) is 3.06. The first-order chi connectivity index (χ1) is 10.7. The normalized spacial score (nSPS) is 9.86. The lowest BCUT2D eigenvalue weighted by Gasteiger charge is -2.08. The molecule has 5 heteroatoms. The average molecular weight is 297 g/mol. The Hall–Kier alpha value is -2.82. The summed E-state index contributed by atoms with van der Waals surface area (Å²) in [5, 5.41) is 5.97. The zero-order valence-electron chi connectivity index (χ0n) is 12.5. The molecule has 0 fully saturated rings. The summed E-state index contributed by atoms with van der Waals surface area (Å²) in [4.78, 5) is 16.2. The smallest absolute Gasteiger partial charge is 0.270 e. The second-order valence-corrected chi connectivity index (χ2v) is 4.63. The van der Waals surface area contributed by atoms with Crippen LogP contribution >= 0.6 is 0 Å². The molecular weight excluding hydrogens is 278 g/mol. The fourth-order valence-electron chi connectivity index (χ4n) is 1.87. The summed E-state index contributed by atoms with van der Waals surface area (Å²) < 4.78 is 5.10. The van der Waals surface area contributed by atoms with Crippen molar-refractivity contribution in [1.29, 1.82) is 0 Å². The maximum atomic E-state index is 12.1. The molecule has 1 aromatic heterocycles. The van der Waals surface area contributed by atoms with E-state index in [2.05, 4.69) is 22.2 Å². The topological polar surface area (TPSA) is 63.2 Å². The summed E-state index contributed by atoms with van der Waals surface area (Å²) in [7, 11) is 1.62. The van der Waals surface area contributed by atoms with Gasteiger partial charge in [-0.3, -0.25) is 9.78 Å². The van der Waals surface area contributed by atoms with Gasteiger partial charge < -0.3 is 15.4 Å². The highest BCUT2D eigenvalue weighted by atomic mass is 16.5. The lowest BCUT2D eigenvalue weighted by atomic mass is 10.2. The lowest BCUT2D eigenvalue weighted by molar-refractivity contribution is 0.0946. The minimum Gasteiger partial charge on any atom is -0.497 e. The van der Waals surface area contributed by atoms with E-state index in [1.165, 1.54) is 0 Å². The quantitative estimate of drug-likeness (QED) is 0.771. The standard InChI is InChI=1S/C17H19N3O2/c1-3-9-18-14-8-10-19-16(11-14)17(21)20-12-13-4-6-15(22-2)7-5-13/h3-8,10-11H,1,9,12H2,2H3,(H,18,19)(H,20,21). The van der Waals surface area contributed by atoms with E-state index in [1.807, 2.05) is 30.3 Å². The van der Waals surface area contributed by atoms with Crippen molar-refractivity contribution in [2.24, 2.45) is 0 Å². The molecule has 0 saturated carbocycles. The Bertz CT molecular complexity index is 639. The van der Waals surface area contributed by atoms with Crippen LogP contribution in [-0.2, 0) is 6.54 Å². The maximum absolute atomic E-state index is 12.1. The molecule has 0 bridgehead atoms. The minimum absolute atomic E-state index is 0.210. The number of nitrogens with zero attached hydrogens (tertiary/aromatic N) is 1. The number of benzene rings is 1. The molecule has 5 nitrogen and oxygen atoms in total. The zero-order valence-corrected chi connectivity index (χ0v) is 12.5. The van der Waals surface area contributed by atoms with Gasteiger partial charge in [-0.2, -0.15) is 0 Å². The van der Waals surface area contributed by atoms with Crippen LogP contribution in [-0.4, -0.2) is 24.5 Å². The first kappa shape index (κ1) is 15.6. The number of carbonyl (C=O) groups is 1. The van der Waals surface area contributed by atoms with Gasteiger partial charge in [0, 0.05) is 25.0 Å². The molecule has 0 radical (unpaired) electrons. The fraction of sp³-hybridized carbons (Fsp3) is 0.176. The van der Waals surface area contributed by atoms with E-state index in [0.717, 1.165) is 17.0 Å². The van der Waals surface area contributed by atoms with E-state index in [4.69, 9.17) is 4.74 Å². The molecule has 22 heavy (non-hydrogen) atoms. The summed E-state index contributed by atoms with van der Waals surface area (Å²) in [5.41, 5.74) is 2.21. The lowest BCUT2D eigenvalue weighted by Crippen LogP contribution is -2.23. The van der Waals surface area contributed by atoms with Gasteiger partial charge in [0.1, 0.15) is 11.4 Å². The van der Waals surface area contributed by atoms with Gasteiger partial charge in [0.15, 0.2) is 0 Å². The molecule has 2 aromatic rings. The minimum atomic E-state index is -0.210. The second kappa shape index (κ2) is 7.83. The van der Waals surface area contributed by atoms with Gasteiger partial charge in [0.05, 0.1) is 7.11 Å². The molecule has 114 valence electrons. The Morgan fingerprint density at radius 3 is 2.77 bits per heavy atom. The summed E-state index contributed by atoms with van der Waals surface area (Å²) in [6.45, 7) is 4.72. The van der Waals surface area contributed by atoms with Crippen LogP contribution in [0.5, 0.6) is 5.75 Å². The largest absolute Gasteiger partial charge is 0.497 e. The molecule has 1 heterocycles. The molecule has 0 atom stereocenters. The van der Waals surface area contributed by atoms with Crippen molar-refractivity contribution in [2.45, 2.75) is 6.54 Å². The van der Waals surface area contributed by atoms with Crippen LogP contribution in [0.15, 0.2) is 55.3 Å². The van der Waals surface area contributed by atoms with E-state index in [1.54, 1.807) is 25.4 Å². The van der Waals surface area contributed by atoms with Gasteiger partial charge in [-0.1, -0.05) is 18.2 Å². The third-order valence-corrected chi connectivity index (χ3v) is 3.06. The number of amides is 1.